The topological polar surface area (TPSA) is 79.1 Å². The summed E-state index contributed by atoms with van der Waals surface area (Å²) in [6.45, 7) is 1.76. The Labute approximate surface area is 181 Å². The highest BCUT2D eigenvalue weighted by atomic mass is 32.1. The molecule has 0 fully saturated rings. The molecule has 3 aromatic rings. The van der Waals surface area contributed by atoms with Gasteiger partial charge in [0.15, 0.2) is 4.80 Å². The third-order valence-corrected chi connectivity index (χ3v) is 6.73. The summed E-state index contributed by atoms with van der Waals surface area (Å²) in [4.78, 5) is 31.5. The normalized spacial score (nSPS) is 23.8. The maximum Gasteiger partial charge on any atom is 0.317 e. The monoisotopic (exact) mass is 436 g/mol. The number of aromatic nitrogens is 1. The van der Waals surface area contributed by atoms with Crippen LogP contribution in [0.2, 0.25) is 0 Å². The number of nitrogens with zero attached hydrogens (tertiary/aromatic N) is 2. The van der Waals surface area contributed by atoms with E-state index in [1.807, 2.05) is 54.6 Å². The Bertz CT molecular complexity index is 1360. The summed E-state index contributed by atoms with van der Waals surface area (Å²) in [5.74, 6) is 0.116. The van der Waals surface area contributed by atoms with Crippen LogP contribution in [0.4, 0.5) is 0 Å². The van der Waals surface area contributed by atoms with E-state index in [0.717, 1.165) is 16.9 Å². The second kappa shape index (κ2) is 7.09. The lowest BCUT2D eigenvalue weighted by atomic mass is 9.81. The van der Waals surface area contributed by atoms with Crippen molar-refractivity contribution in [3.63, 3.8) is 0 Å². The van der Waals surface area contributed by atoms with Crippen LogP contribution in [-0.2, 0) is 9.53 Å². The summed E-state index contributed by atoms with van der Waals surface area (Å²) in [5.41, 5.74) is 0.271. The van der Waals surface area contributed by atoms with Crippen LogP contribution < -0.4 is 24.4 Å². The fourth-order valence-electron chi connectivity index (χ4n) is 4.28. The van der Waals surface area contributed by atoms with Crippen molar-refractivity contribution < 1.29 is 19.0 Å². The summed E-state index contributed by atoms with van der Waals surface area (Å²) >= 11 is 1.28. The Morgan fingerprint density at radius 1 is 1.19 bits per heavy atom. The van der Waals surface area contributed by atoms with Gasteiger partial charge in [0.05, 0.1) is 24.8 Å². The zero-order chi connectivity index (χ0) is 21.8. The quantitative estimate of drug-likeness (QED) is 0.586. The molecule has 2 aliphatic rings. The van der Waals surface area contributed by atoms with E-state index in [1.54, 1.807) is 18.6 Å². The zero-order valence-electron chi connectivity index (χ0n) is 17.2. The van der Waals surface area contributed by atoms with Gasteiger partial charge in [0.25, 0.3) is 5.56 Å². The van der Waals surface area contributed by atoms with Gasteiger partial charge in [-0.15, -0.1) is 0 Å². The Balaban J connectivity index is 1.75. The van der Waals surface area contributed by atoms with Gasteiger partial charge in [0, 0.05) is 5.56 Å². The molecule has 2 bridgehead atoms. The van der Waals surface area contributed by atoms with Gasteiger partial charge in [-0.1, -0.05) is 41.7 Å². The van der Waals surface area contributed by atoms with Gasteiger partial charge in [-0.05, 0) is 36.8 Å². The summed E-state index contributed by atoms with van der Waals surface area (Å²) < 4.78 is 18.6. The first kappa shape index (κ1) is 19.6. The first-order chi connectivity index (χ1) is 14.9. The number of para-hydroxylation sites is 1. The summed E-state index contributed by atoms with van der Waals surface area (Å²) in [6, 6.07) is 14.3. The molecule has 1 aromatic heterocycles. The number of methoxy groups -OCH3 is 2. The number of ether oxygens (including phenoxy) is 3. The van der Waals surface area contributed by atoms with Gasteiger partial charge < -0.3 is 14.2 Å². The molecule has 3 heterocycles. The maximum atomic E-state index is 13.5. The van der Waals surface area contributed by atoms with Crippen LogP contribution >= 0.6 is 11.3 Å². The minimum Gasteiger partial charge on any atom is -0.497 e. The minimum absolute atomic E-state index is 0.197. The molecule has 0 saturated carbocycles. The molecule has 0 radical (unpaired) electrons. The first-order valence-electron chi connectivity index (χ1n) is 9.78. The number of fused-ring (bicyclic) bond motifs is 6. The van der Waals surface area contributed by atoms with Crippen molar-refractivity contribution in [2.45, 2.75) is 18.7 Å². The van der Waals surface area contributed by atoms with E-state index >= 15 is 0 Å². The molecular formula is C23H20N2O5S. The molecule has 0 spiro atoms. The van der Waals surface area contributed by atoms with E-state index in [9.17, 15) is 9.59 Å². The van der Waals surface area contributed by atoms with Gasteiger partial charge in [-0.25, -0.2) is 4.99 Å². The number of hydrogen-bond acceptors (Lipinski definition) is 7. The summed E-state index contributed by atoms with van der Waals surface area (Å²) in [5, 5.41) is 0. The maximum absolute atomic E-state index is 13.5. The highest BCUT2D eigenvalue weighted by molar-refractivity contribution is 7.07. The molecule has 3 unspecified atom stereocenters. The van der Waals surface area contributed by atoms with Gasteiger partial charge >= 0.3 is 5.97 Å². The van der Waals surface area contributed by atoms with Crippen molar-refractivity contribution >= 4 is 23.4 Å². The van der Waals surface area contributed by atoms with Crippen molar-refractivity contribution in [3.8, 4) is 11.5 Å². The van der Waals surface area contributed by atoms with Gasteiger partial charge in [-0.2, -0.15) is 0 Å². The average Bonchev–Trinajstić information content (AvgIpc) is 3.06. The van der Waals surface area contributed by atoms with Crippen LogP contribution in [0, 0.1) is 5.92 Å². The van der Waals surface area contributed by atoms with Crippen molar-refractivity contribution in [2.24, 2.45) is 10.9 Å². The van der Waals surface area contributed by atoms with Crippen LogP contribution in [0.3, 0.4) is 0 Å². The van der Waals surface area contributed by atoms with E-state index in [2.05, 4.69) is 0 Å². The SMILES string of the molecule is COC(=O)C1C2c3ccccc3OC1(C)N=c1sc(=Cc3ccc(OC)cc3)c(=O)n12. The van der Waals surface area contributed by atoms with E-state index in [-0.39, 0.29) is 5.56 Å². The number of hydrogen-bond donors (Lipinski definition) is 0. The molecule has 3 atom stereocenters. The van der Waals surface area contributed by atoms with Crippen LogP contribution in [0.5, 0.6) is 11.5 Å². The van der Waals surface area contributed by atoms with E-state index in [0.29, 0.717) is 15.1 Å². The Kier molecular flexibility index (Phi) is 4.48. The first-order valence-corrected chi connectivity index (χ1v) is 10.6. The van der Waals surface area contributed by atoms with E-state index < -0.39 is 23.7 Å². The lowest BCUT2D eigenvalue weighted by Gasteiger charge is -2.44. The van der Waals surface area contributed by atoms with Crippen LogP contribution in [-0.4, -0.2) is 30.5 Å². The molecule has 2 aliphatic heterocycles. The van der Waals surface area contributed by atoms with E-state index in [1.165, 1.54) is 18.4 Å². The van der Waals surface area contributed by atoms with Gasteiger partial charge in [0.2, 0.25) is 5.72 Å². The minimum atomic E-state index is -1.17. The zero-order valence-corrected chi connectivity index (χ0v) is 18.0. The van der Waals surface area contributed by atoms with Crippen molar-refractivity contribution in [1.82, 2.24) is 4.57 Å². The molecule has 7 nitrogen and oxygen atoms in total. The number of rotatable bonds is 3. The van der Waals surface area contributed by atoms with Gasteiger partial charge in [-0.3, -0.25) is 14.2 Å². The molecule has 0 saturated heterocycles. The molecule has 8 heteroatoms. The Morgan fingerprint density at radius 3 is 2.65 bits per heavy atom. The van der Waals surface area contributed by atoms with Crippen LogP contribution in [0.1, 0.15) is 24.1 Å². The molecule has 0 N–H and O–H groups in total. The third kappa shape index (κ3) is 2.97. The standard InChI is InChI=1S/C23H20N2O5S/c1-23-18(21(27)29-3)19(15-6-4-5-7-16(15)30-23)25-20(26)17(31-22(25)24-23)12-13-8-10-14(28-2)11-9-13/h4-12,18-19H,1-3H3. The van der Waals surface area contributed by atoms with Crippen molar-refractivity contribution in [3.05, 3.63) is 79.3 Å². The number of benzene rings is 2. The lowest BCUT2D eigenvalue weighted by molar-refractivity contribution is -0.158. The van der Waals surface area contributed by atoms with Gasteiger partial charge in [0.1, 0.15) is 17.4 Å². The highest BCUT2D eigenvalue weighted by Gasteiger charge is 2.55. The summed E-state index contributed by atoms with van der Waals surface area (Å²) in [7, 11) is 2.94. The van der Waals surface area contributed by atoms with Crippen LogP contribution in [0.15, 0.2) is 58.3 Å². The molecule has 0 amide bonds. The largest absolute Gasteiger partial charge is 0.497 e. The summed E-state index contributed by atoms with van der Waals surface area (Å²) in [6.07, 6.45) is 1.82. The third-order valence-electron chi connectivity index (χ3n) is 5.75. The lowest BCUT2D eigenvalue weighted by Crippen LogP contribution is -2.58. The number of carbonyl (C=O) groups excluding carboxylic acids is 1. The molecule has 0 aliphatic carbocycles. The highest BCUT2D eigenvalue weighted by Crippen LogP contribution is 2.47. The average molecular weight is 436 g/mol. The molecule has 158 valence electrons. The van der Waals surface area contributed by atoms with Crippen molar-refractivity contribution in [2.75, 3.05) is 14.2 Å². The van der Waals surface area contributed by atoms with E-state index in [4.69, 9.17) is 19.2 Å². The predicted octanol–water partition coefficient (Wildman–Crippen LogP) is 1.87. The second-order valence-corrected chi connectivity index (χ2v) is 8.60. The second-order valence-electron chi connectivity index (χ2n) is 7.59. The number of carbonyl (C=O) groups is 1. The number of esters is 1. The molecule has 2 aromatic carbocycles. The Morgan fingerprint density at radius 2 is 1.94 bits per heavy atom. The molecule has 5 rings (SSSR count). The fourth-order valence-corrected chi connectivity index (χ4v) is 5.38. The van der Waals surface area contributed by atoms with Crippen molar-refractivity contribution in [1.29, 1.82) is 0 Å². The Hall–Kier alpha value is -3.39. The predicted molar refractivity (Wildman–Crippen MR) is 115 cm³/mol. The number of thiazole rings is 1. The van der Waals surface area contributed by atoms with Crippen LogP contribution in [0.25, 0.3) is 6.08 Å². The molecular weight excluding hydrogens is 416 g/mol. The fraction of sp³-hybridized carbons (Fsp3) is 0.261. The molecule has 31 heavy (non-hydrogen) atoms. The smallest absolute Gasteiger partial charge is 0.317 e.